The van der Waals surface area contributed by atoms with Crippen molar-refractivity contribution < 1.29 is 0 Å². The van der Waals surface area contributed by atoms with E-state index in [2.05, 4.69) is 44.5 Å². The predicted octanol–water partition coefficient (Wildman–Crippen LogP) is 4.27. The van der Waals surface area contributed by atoms with Gasteiger partial charge in [0.1, 0.15) is 0 Å². The molecule has 14 heavy (non-hydrogen) atoms. The molecule has 0 bridgehead atoms. The third-order valence-electron chi connectivity index (χ3n) is 2.08. The van der Waals surface area contributed by atoms with Gasteiger partial charge in [-0.1, -0.05) is 39.9 Å². The highest BCUT2D eigenvalue weighted by Crippen LogP contribution is 2.30. The zero-order chi connectivity index (χ0) is 10.7. The third-order valence-corrected chi connectivity index (χ3v) is 3.50. The summed E-state index contributed by atoms with van der Waals surface area (Å²) in [5.41, 5.74) is 1.36. The van der Waals surface area contributed by atoms with Gasteiger partial charge in [-0.2, -0.15) is 0 Å². The summed E-state index contributed by atoms with van der Waals surface area (Å²) in [5, 5.41) is 6.64. The molecule has 0 saturated heterocycles. The number of thiocarbonyl (C=S) groups is 1. The standard InChI is InChI=1S/C11H17NS2/c1-7(2)9-5-6-14-11(9)12-10(13)8(3)4/h5-8H,1-4H3,(H,12,13). The Bertz CT molecular complexity index is 313. The van der Waals surface area contributed by atoms with Crippen LogP contribution in [0.3, 0.4) is 0 Å². The average molecular weight is 227 g/mol. The van der Waals surface area contributed by atoms with Crippen molar-refractivity contribution in [3.8, 4) is 0 Å². The van der Waals surface area contributed by atoms with Gasteiger partial charge in [0, 0.05) is 5.92 Å². The van der Waals surface area contributed by atoms with Crippen LogP contribution in [-0.2, 0) is 0 Å². The highest BCUT2D eigenvalue weighted by atomic mass is 32.1. The summed E-state index contributed by atoms with van der Waals surface area (Å²) < 4.78 is 0. The summed E-state index contributed by atoms with van der Waals surface area (Å²) in [5.74, 6) is 0.964. The largest absolute Gasteiger partial charge is 0.341 e. The number of anilines is 1. The Balaban J connectivity index is 2.76. The van der Waals surface area contributed by atoms with Crippen molar-refractivity contribution in [2.45, 2.75) is 33.6 Å². The summed E-state index contributed by atoms with van der Waals surface area (Å²) in [7, 11) is 0. The first-order valence-corrected chi connectivity index (χ1v) is 6.19. The van der Waals surface area contributed by atoms with Crippen LogP contribution in [0.1, 0.15) is 39.2 Å². The van der Waals surface area contributed by atoms with Gasteiger partial charge in [0.15, 0.2) is 0 Å². The second-order valence-corrected chi connectivity index (χ2v) is 5.36. The molecule has 1 aromatic heterocycles. The van der Waals surface area contributed by atoms with E-state index in [-0.39, 0.29) is 0 Å². The van der Waals surface area contributed by atoms with Crippen LogP contribution < -0.4 is 5.32 Å². The zero-order valence-corrected chi connectivity index (χ0v) is 10.8. The first-order chi connectivity index (χ1) is 6.52. The normalized spacial score (nSPS) is 11.0. The highest BCUT2D eigenvalue weighted by Gasteiger charge is 2.10. The zero-order valence-electron chi connectivity index (χ0n) is 9.13. The molecule has 0 amide bonds. The maximum atomic E-state index is 5.27. The first-order valence-electron chi connectivity index (χ1n) is 4.90. The number of hydrogen-bond acceptors (Lipinski definition) is 2. The molecule has 0 fully saturated rings. The fourth-order valence-corrected chi connectivity index (χ4v) is 2.26. The minimum atomic E-state index is 0.409. The van der Waals surface area contributed by atoms with Crippen molar-refractivity contribution in [2.75, 3.05) is 5.32 Å². The molecule has 1 nitrogen and oxygen atoms in total. The van der Waals surface area contributed by atoms with E-state index in [0.717, 1.165) is 4.99 Å². The van der Waals surface area contributed by atoms with Gasteiger partial charge in [-0.05, 0) is 22.9 Å². The molecule has 1 rings (SSSR count). The smallest absolute Gasteiger partial charge is 0.0965 e. The molecule has 0 saturated carbocycles. The molecule has 1 N–H and O–H groups in total. The second-order valence-electron chi connectivity index (χ2n) is 4.00. The lowest BCUT2D eigenvalue weighted by atomic mass is 10.1. The van der Waals surface area contributed by atoms with E-state index in [4.69, 9.17) is 12.2 Å². The molecule has 0 aliphatic heterocycles. The van der Waals surface area contributed by atoms with E-state index in [1.165, 1.54) is 10.6 Å². The van der Waals surface area contributed by atoms with E-state index in [1.807, 2.05) is 0 Å². The number of nitrogens with one attached hydrogen (secondary N) is 1. The first kappa shape index (κ1) is 11.7. The molecule has 1 heterocycles. The molecule has 0 spiro atoms. The number of hydrogen-bond donors (Lipinski definition) is 1. The van der Waals surface area contributed by atoms with Crippen molar-refractivity contribution in [3.05, 3.63) is 17.0 Å². The average Bonchev–Trinajstić information content (AvgIpc) is 2.52. The van der Waals surface area contributed by atoms with E-state index in [9.17, 15) is 0 Å². The van der Waals surface area contributed by atoms with Crippen LogP contribution >= 0.6 is 23.6 Å². The summed E-state index contributed by atoms with van der Waals surface area (Å²) in [6.07, 6.45) is 0. The SMILES string of the molecule is CC(C)C(=S)Nc1sccc1C(C)C. The van der Waals surface area contributed by atoms with Crippen molar-refractivity contribution in [1.82, 2.24) is 0 Å². The molecule has 0 aliphatic rings. The summed E-state index contributed by atoms with van der Waals surface area (Å²) in [4.78, 5) is 0.925. The van der Waals surface area contributed by atoms with Crippen LogP contribution in [0.4, 0.5) is 5.00 Å². The Morgan fingerprint density at radius 3 is 2.50 bits per heavy atom. The van der Waals surface area contributed by atoms with Gasteiger partial charge in [0.25, 0.3) is 0 Å². The second kappa shape index (κ2) is 4.89. The topological polar surface area (TPSA) is 12.0 Å². The number of thiophene rings is 1. The lowest BCUT2D eigenvalue weighted by Gasteiger charge is -2.12. The number of rotatable bonds is 3. The lowest BCUT2D eigenvalue weighted by molar-refractivity contribution is 0.871. The van der Waals surface area contributed by atoms with Gasteiger partial charge >= 0.3 is 0 Å². The molecule has 1 aromatic rings. The van der Waals surface area contributed by atoms with Gasteiger partial charge < -0.3 is 5.32 Å². The van der Waals surface area contributed by atoms with Gasteiger partial charge in [-0.15, -0.1) is 11.3 Å². The van der Waals surface area contributed by atoms with Crippen LogP contribution in [0.2, 0.25) is 0 Å². The van der Waals surface area contributed by atoms with Gasteiger partial charge in [0.2, 0.25) is 0 Å². The molecular formula is C11H17NS2. The van der Waals surface area contributed by atoms with Gasteiger partial charge in [-0.25, -0.2) is 0 Å². The molecule has 0 atom stereocenters. The van der Waals surface area contributed by atoms with Crippen LogP contribution in [0, 0.1) is 5.92 Å². The van der Waals surface area contributed by atoms with E-state index >= 15 is 0 Å². The van der Waals surface area contributed by atoms with E-state index in [0.29, 0.717) is 11.8 Å². The van der Waals surface area contributed by atoms with E-state index in [1.54, 1.807) is 11.3 Å². The molecular weight excluding hydrogens is 210 g/mol. The summed E-state index contributed by atoms with van der Waals surface area (Å²) in [6, 6.07) is 2.17. The fraction of sp³-hybridized carbons (Fsp3) is 0.545. The Morgan fingerprint density at radius 1 is 1.36 bits per heavy atom. The maximum absolute atomic E-state index is 5.27. The molecule has 0 radical (unpaired) electrons. The quantitative estimate of drug-likeness (QED) is 0.774. The Kier molecular flexibility index (Phi) is 4.08. The summed E-state index contributed by atoms with van der Waals surface area (Å²) >= 11 is 6.99. The molecule has 3 heteroatoms. The van der Waals surface area contributed by atoms with Crippen LogP contribution in [0.25, 0.3) is 0 Å². The maximum Gasteiger partial charge on any atom is 0.0965 e. The molecule has 0 unspecified atom stereocenters. The van der Waals surface area contributed by atoms with Crippen LogP contribution in [-0.4, -0.2) is 4.99 Å². The van der Waals surface area contributed by atoms with Gasteiger partial charge in [0.05, 0.1) is 9.99 Å². The molecule has 78 valence electrons. The molecule has 0 aliphatic carbocycles. The van der Waals surface area contributed by atoms with E-state index < -0.39 is 0 Å². The predicted molar refractivity (Wildman–Crippen MR) is 69.5 cm³/mol. The third kappa shape index (κ3) is 2.79. The minimum Gasteiger partial charge on any atom is -0.341 e. The van der Waals surface area contributed by atoms with Crippen molar-refractivity contribution >= 4 is 33.5 Å². The molecule has 0 aromatic carbocycles. The highest BCUT2D eigenvalue weighted by molar-refractivity contribution is 7.80. The minimum absolute atomic E-state index is 0.409. The van der Waals surface area contributed by atoms with Crippen molar-refractivity contribution in [2.24, 2.45) is 5.92 Å². The van der Waals surface area contributed by atoms with Gasteiger partial charge in [-0.3, -0.25) is 0 Å². The fourth-order valence-electron chi connectivity index (χ4n) is 1.13. The van der Waals surface area contributed by atoms with Crippen LogP contribution in [0.5, 0.6) is 0 Å². The lowest BCUT2D eigenvalue weighted by Crippen LogP contribution is -2.15. The Morgan fingerprint density at radius 2 is 2.00 bits per heavy atom. The summed E-state index contributed by atoms with van der Waals surface area (Å²) in [6.45, 7) is 8.62. The van der Waals surface area contributed by atoms with Crippen LogP contribution in [0.15, 0.2) is 11.4 Å². The van der Waals surface area contributed by atoms with Crippen molar-refractivity contribution in [1.29, 1.82) is 0 Å². The van der Waals surface area contributed by atoms with Crippen molar-refractivity contribution in [3.63, 3.8) is 0 Å². The Hall–Kier alpha value is -0.410. The monoisotopic (exact) mass is 227 g/mol. The Labute approximate surface area is 95.5 Å².